The van der Waals surface area contributed by atoms with Crippen LogP contribution in [0.2, 0.25) is 0 Å². The molecule has 1 N–H and O–H groups in total. The molecule has 3 rings (SSSR count). The monoisotopic (exact) mass is 524 g/mol. The maximum Gasteiger partial charge on any atom is 0.338 e. The third-order valence-corrected chi connectivity index (χ3v) is 5.98. The number of nitrogens with one attached hydrogen (secondary N) is 1. The van der Waals surface area contributed by atoms with Crippen LogP contribution < -0.4 is 5.32 Å². The zero-order chi connectivity index (χ0) is 20.1. The van der Waals surface area contributed by atoms with Crippen molar-refractivity contribution < 1.29 is 14.3 Å². The Hall–Kier alpha value is -1.91. The molecule has 0 aliphatic carbocycles. The van der Waals surface area contributed by atoms with Gasteiger partial charge in [-0.05, 0) is 77.6 Å². The molecule has 28 heavy (non-hydrogen) atoms. The lowest BCUT2D eigenvalue weighted by atomic mass is 10.2. The van der Waals surface area contributed by atoms with Gasteiger partial charge in [-0.1, -0.05) is 36.1 Å². The van der Waals surface area contributed by atoms with Gasteiger partial charge in [-0.25, -0.2) is 4.79 Å². The zero-order valence-corrected chi connectivity index (χ0v) is 18.8. The average Bonchev–Trinajstić information content (AvgIpc) is 2.95. The van der Waals surface area contributed by atoms with E-state index in [1.54, 1.807) is 31.2 Å². The molecule has 1 saturated heterocycles. The lowest BCUT2D eigenvalue weighted by molar-refractivity contribution is -0.121. The van der Waals surface area contributed by atoms with Crippen molar-refractivity contribution in [1.29, 1.82) is 0 Å². The Balaban J connectivity index is 1.63. The number of anilines is 1. The number of hydrogen-bond acceptors (Lipinski definition) is 6. The third-order valence-electron chi connectivity index (χ3n) is 3.88. The standard InChI is InChI=1S/C20H17IN2O3S2/c1-2-26-19(25)14-5-9-16(10-6-14)22-12-23-18(24)17(28-20(23)27)11-13-3-7-15(21)8-4-13/h3-11,22H,2,12H2,1H3. The van der Waals surface area contributed by atoms with Gasteiger partial charge in [0, 0.05) is 9.26 Å². The van der Waals surface area contributed by atoms with Crippen molar-refractivity contribution in [3.8, 4) is 0 Å². The number of hydrogen-bond donors (Lipinski definition) is 1. The van der Waals surface area contributed by atoms with E-state index in [2.05, 4.69) is 27.9 Å². The summed E-state index contributed by atoms with van der Waals surface area (Å²) in [5, 5.41) is 3.16. The molecule has 1 fully saturated rings. The first kappa shape index (κ1) is 20.8. The van der Waals surface area contributed by atoms with E-state index in [-0.39, 0.29) is 18.5 Å². The van der Waals surface area contributed by atoms with E-state index in [0.29, 0.717) is 21.4 Å². The van der Waals surface area contributed by atoms with Crippen LogP contribution >= 0.6 is 46.6 Å². The molecule has 1 amide bonds. The third kappa shape index (κ3) is 5.12. The minimum Gasteiger partial charge on any atom is -0.462 e. The predicted molar refractivity (Wildman–Crippen MR) is 125 cm³/mol. The highest BCUT2D eigenvalue weighted by atomic mass is 127. The van der Waals surface area contributed by atoms with E-state index < -0.39 is 0 Å². The molecule has 0 atom stereocenters. The molecular formula is C20H17IN2O3S2. The molecule has 1 aliphatic rings. The molecule has 1 heterocycles. The summed E-state index contributed by atoms with van der Waals surface area (Å²) in [5.74, 6) is -0.476. The molecule has 2 aromatic rings. The fraction of sp³-hybridized carbons (Fsp3) is 0.150. The average molecular weight is 524 g/mol. The molecule has 0 spiro atoms. The topological polar surface area (TPSA) is 58.6 Å². The second kappa shape index (κ2) is 9.53. The Morgan fingerprint density at radius 1 is 1.21 bits per heavy atom. The minimum atomic E-state index is -0.355. The van der Waals surface area contributed by atoms with Gasteiger partial charge in [0.05, 0.1) is 23.7 Å². The highest BCUT2D eigenvalue weighted by Gasteiger charge is 2.31. The van der Waals surface area contributed by atoms with Gasteiger partial charge in [-0.2, -0.15) is 0 Å². The lowest BCUT2D eigenvalue weighted by Crippen LogP contribution is -2.33. The van der Waals surface area contributed by atoms with Crippen LogP contribution in [0.1, 0.15) is 22.8 Å². The van der Waals surface area contributed by atoms with Crippen LogP contribution in [0.15, 0.2) is 53.4 Å². The van der Waals surface area contributed by atoms with Gasteiger partial charge in [0.2, 0.25) is 0 Å². The molecular weight excluding hydrogens is 507 g/mol. The van der Waals surface area contributed by atoms with Crippen molar-refractivity contribution in [3.63, 3.8) is 0 Å². The first-order valence-corrected chi connectivity index (χ1v) is 10.8. The summed E-state index contributed by atoms with van der Waals surface area (Å²) in [5.41, 5.74) is 2.23. The number of ether oxygens (including phenoxy) is 1. The Morgan fingerprint density at radius 2 is 1.89 bits per heavy atom. The van der Waals surface area contributed by atoms with Crippen molar-refractivity contribution in [2.45, 2.75) is 6.92 Å². The highest BCUT2D eigenvalue weighted by molar-refractivity contribution is 14.1. The minimum absolute atomic E-state index is 0.121. The number of carbonyl (C=O) groups is 2. The maximum atomic E-state index is 12.7. The number of esters is 1. The van der Waals surface area contributed by atoms with Crippen LogP contribution in [-0.4, -0.2) is 34.4 Å². The number of nitrogens with zero attached hydrogens (tertiary/aromatic N) is 1. The summed E-state index contributed by atoms with van der Waals surface area (Å²) in [6, 6.07) is 14.8. The number of benzene rings is 2. The van der Waals surface area contributed by atoms with Crippen molar-refractivity contribution in [2.75, 3.05) is 18.6 Å². The van der Waals surface area contributed by atoms with E-state index in [1.807, 2.05) is 30.3 Å². The molecule has 8 heteroatoms. The van der Waals surface area contributed by atoms with E-state index in [9.17, 15) is 9.59 Å². The molecule has 0 radical (unpaired) electrons. The smallest absolute Gasteiger partial charge is 0.338 e. The maximum absolute atomic E-state index is 12.7. The summed E-state index contributed by atoms with van der Waals surface area (Å²) < 4.78 is 6.62. The van der Waals surface area contributed by atoms with Crippen LogP contribution in [0.4, 0.5) is 5.69 Å². The molecule has 0 bridgehead atoms. The fourth-order valence-electron chi connectivity index (χ4n) is 2.46. The van der Waals surface area contributed by atoms with Crippen molar-refractivity contribution in [1.82, 2.24) is 4.90 Å². The molecule has 0 saturated carbocycles. The Morgan fingerprint density at radius 3 is 2.54 bits per heavy atom. The summed E-state index contributed by atoms with van der Waals surface area (Å²) in [6.45, 7) is 2.36. The zero-order valence-electron chi connectivity index (χ0n) is 15.0. The largest absolute Gasteiger partial charge is 0.462 e. The molecule has 5 nitrogen and oxygen atoms in total. The van der Waals surface area contributed by atoms with Crippen molar-refractivity contribution >= 4 is 74.5 Å². The van der Waals surface area contributed by atoms with E-state index in [0.717, 1.165) is 14.8 Å². The number of thioether (sulfide) groups is 1. The SMILES string of the molecule is CCOC(=O)c1ccc(NCN2C(=O)C(=Cc3ccc(I)cc3)SC2=S)cc1. The van der Waals surface area contributed by atoms with Crippen molar-refractivity contribution in [2.24, 2.45) is 0 Å². The first-order chi connectivity index (χ1) is 13.5. The van der Waals surface area contributed by atoms with Gasteiger partial charge in [0.15, 0.2) is 0 Å². The second-order valence-corrected chi connectivity index (χ2v) is 8.72. The van der Waals surface area contributed by atoms with Gasteiger partial charge in [-0.15, -0.1) is 0 Å². The number of thiocarbonyl (C=S) groups is 1. The second-order valence-electron chi connectivity index (χ2n) is 5.79. The van der Waals surface area contributed by atoms with Gasteiger partial charge in [0.25, 0.3) is 5.91 Å². The summed E-state index contributed by atoms with van der Waals surface area (Å²) in [6.07, 6.45) is 1.85. The molecule has 144 valence electrons. The fourth-order valence-corrected chi connectivity index (χ4v) is 4.07. The van der Waals surface area contributed by atoms with Crippen LogP contribution in [0.5, 0.6) is 0 Å². The number of rotatable bonds is 6. The number of halogens is 1. The molecule has 0 aromatic heterocycles. The van der Waals surface area contributed by atoms with Crippen LogP contribution in [0.25, 0.3) is 6.08 Å². The Bertz CT molecular complexity index is 927. The Labute approximate surface area is 186 Å². The Kier molecular flexibility index (Phi) is 7.08. The molecule has 1 aliphatic heterocycles. The van der Waals surface area contributed by atoms with Gasteiger partial charge in [-0.3, -0.25) is 9.69 Å². The van der Waals surface area contributed by atoms with E-state index in [1.165, 1.54) is 16.7 Å². The summed E-state index contributed by atoms with van der Waals surface area (Å²) in [4.78, 5) is 26.5. The van der Waals surface area contributed by atoms with E-state index >= 15 is 0 Å². The number of carbonyl (C=O) groups excluding carboxylic acids is 2. The van der Waals surface area contributed by atoms with Gasteiger partial charge < -0.3 is 10.1 Å². The highest BCUT2D eigenvalue weighted by Crippen LogP contribution is 2.32. The van der Waals surface area contributed by atoms with E-state index in [4.69, 9.17) is 17.0 Å². The van der Waals surface area contributed by atoms with Gasteiger partial charge in [0.1, 0.15) is 4.32 Å². The predicted octanol–water partition coefficient (Wildman–Crippen LogP) is 4.74. The van der Waals surface area contributed by atoms with Crippen LogP contribution in [0.3, 0.4) is 0 Å². The normalized spacial score (nSPS) is 15.2. The summed E-state index contributed by atoms with van der Waals surface area (Å²) in [7, 11) is 0. The van der Waals surface area contributed by atoms with Crippen LogP contribution in [-0.2, 0) is 9.53 Å². The first-order valence-electron chi connectivity index (χ1n) is 8.50. The van der Waals surface area contributed by atoms with Crippen molar-refractivity contribution in [3.05, 3.63) is 68.1 Å². The molecule has 2 aromatic carbocycles. The number of amides is 1. The van der Waals surface area contributed by atoms with Gasteiger partial charge >= 0.3 is 5.97 Å². The summed E-state index contributed by atoms with van der Waals surface area (Å²) >= 11 is 8.89. The van der Waals surface area contributed by atoms with Crippen LogP contribution in [0, 0.1) is 3.57 Å². The molecule has 0 unspecified atom stereocenters. The quantitative estimate of drug-likeness (QED) is 0.255. The lowest BCUT2D eigenvalue weighted by Gasteiger charge is -2.16.